The maximum atomic E-state index is 13.0. The molecule has 2 N–H and O–H groups in total. The summed E-state index contributed by atoms with van der Waals surface area (Å²) in [6.07, 6.45) is 8.17. The number of hydrogen-bond acceptors (Lipinski definition) is 3. The zero-order chi connectivity index (χ0) is 20.7. The predicted octanol–water partition coefficient (Wildman–Crippen LogP) is 3.72. The van der Waals surface area contributed by atoms with Crippen molar-refractivity contribution in [3.8, 4) is 0 Å². The highest BCUT2D eigenvalue weighted by atomic mass is 79.9. The van der Waals surface area contributed by atoms with Crippen LogP contribution in [0, 0.1) is 29.1 Å². The van der Waals surface area contributed by atoms with E-state index in [0.29, 0.717) is 12.5 Å². The van der Waals surface area contributed by atoms with Crippen LogP contribution in [0.25, 0.3) is 0 Å². The second-order valence-electron chi connectivity index (χ2n) is 10.3. The number of benzene rings is 1. The third kappa shape index (κ3) is 4.12. The second-order valence-corrected chi connectivity index (χ2v) is 11.2. The summed E-state index contributed by atoms with van der Waals surface area (Å²) in [6, 6.07) is 8.36. The Bertz CT molecular complexity index is 791. The summed E-state index contributed by atoms with van der Waals surface area (Å²) in [5.74, 6) is 2.75. The van der Waals surface area contributed by atoms with Crippen LogP contribution in [-0.2, 0) is 9.59 Å². The molecule has 1 heterocycles. The molecule has 1 aliphatic heterocycles. The Morgan fingerprint density at radius 1 is 1.07 bits per heavy atom. The molecule has 0 aromatic heterocycles. The fourth-order valence-electron chi connectivity index (χ4n) is 6.96. The van der Waals surface area contributed by atoms with Crippen LogP contribution in [-0.4, -0.2) is 38.0 Å². The largest absolute Gasteiger partial charge is 0.371 e. The van der Waals surface area contributed by atoms with Gasteiger partial charge in [-0.1, -0.05) is 22.0 Å². The van der Waals surface area contributed by atoms with E-state index in [0.717, 1.165) is 61.0 Å². The maximum Gasteiger partial charge on any atom is 0.239 e. The van der Waals surface area contributed by atoms with Crippen molar-refractivity contribution in [1.82, 2.24) is 10.6 Å². The highest BCUT2D eigenvalue weighted by Crippen LogP contribution is 2.60. The second kappa shape index (κ2) is 8.18. The summed E-state index contributed by atoms with van der Waals surface area (Å²) in [4.78, 5) is 27.7. The van der Waals surface area contributed by atoms with Gasteiger partial charge in [-0.2, -0.15) is 0 Å². The number of anilines is 1. The van der Waals surface area contributed by atoms with Crippen molar-refractivity contribution in [3.63, 3.8) is 0 Å². The number of nitrogens with zero attached hydrogens (tertiary/aromatic N) is 1. The molecule has 5 aliphatic rings. The fraction of sp³-hybridized carbons (Fsp3) is 0.667. The molecule has 5 nitrogen and oxygen atoms in total. The first-order chi connectivity index (χ1) is 14.5. The number of amides is 2. The van der Waals surface area contributed by atoms with Gasteiger partial charge in [-0.25, -0.2) is 0 Å². The molecular formula is C24H32BrN3O2. The van der Waals surface area contributed by atoms with Crippen molar-refractivity contribution in [1.29, 1.82) is 0 Å². The number of halogens is 1. The topological polar surface area (TPSA) is 61.4 Å². The van der Waals surface area contributed by atoms with Crippen LogP contribution in [0.5, 0.6) is 0 Å². The van der Waals surface area contributed by atoms with Gasteiger partial charge in [-0.3, -0.25) is 9.59 Å². The molecular weight excluding hydrogens is 442 g/mol. The highest BCUT2D eigenvalue weighted by molar-refractivity contribution is 9.10. The summed E-state index contributed by atoms with van der Waals surface area (Å²) in [5.41, 5.74) is 1.05. The Morgan fingerprint density at radius 3 is 2.43 bits per heavy atom. The quantitative estimate of drug-likeness (QED) is 0.661. The summed E-state index contributed by atoms with van der Waals surface area (Å²) >= 11 is 3.53. The van der Waals surface area contributed by atoms with Gasteiger partial charge in [0.15, 0.2) is 0 Å². The smallest absolute Gasteiger partial charge is 0.239 e. The third-order valence-electron chi connectivity index (χ3n) is 7.98. The molecule has 4 bridgehead atoms. The van der Waals surface area contributed by atoms with E-state index in [1.165, 1.54) is 24.9 Å². The van der Waals surface area contributed by atoms with Crippen LogP contribution in [0.4, 0.5) is 5.69 Å². The third-order valence-corrected chi connectivity index (χ3v) is 8.47. The average Bonchev–Trinajstić information content (AvgIpc) is 3.18. The normalized spacial score (nSPS) is 34.2. The molecule has 30 heavy (non-hydrogen) atoms. The van der Waals surface area contributed by atoms with E-state index >= 15 is 0 Å². The van der Waals surface area contributed by atoms with Crippen molar-refractivity contribution < 1.29 is 9.59 Å². The minimum atomic E-state index is -0.176. The predicted molar refractivity (Wildman–Crippen MR) is 121 cm³/mol. The molecule has 1 atom stereocenters. The first-order valence-corrected chi connectivity index (χ1v) is 12.3. The molecule has 1 aromatic rings. The number of carbonyl (C=O) groups excluding carboxylic acids is 2. The van der Waals surface area contributed by atoms with Gasteiger partial charge in [0.2, 0.25) is 11.8 Å². The van der Waals surface area contributed by atoms with Crippen LogP contribution in [0.3, 0.4) is 0 Å². The lowest BCUT2D eigenvalue weighted by atomic mass is 9.49. The molecule has 1 saturated heterocycles. The van der Waals surface area contributed by atoms with Crippen LogP contribution >= 0.6 is 15.9 Å². The van der Waals surface area contributed by atoms with Gasteiger partial charge in [-0.15, -0.1) is 0 Å². The van der Waals surface area contributed by atoms with Crippen LogP contribution in [0.15, 0.2) is 28.7 Å². The van der Waals surface area contributed by atoms with Crippen molar-refractivity contribution in [2.75, 3.05) is 31.1 Å². The Hall–Kier alpha value is -1.56. The van der Waals surface area contributed by atoms with Crippen LogP contribution in [0.2, 0.25) is 0 Å². The van der Waals surface area contributed by atoms with E-state index in [9.17, 15) is 9.59 Å². The summed E-state index contributed by atoms with van der Waals surface area (Å²) in [5, 5.41) is 6.04. The lowest BCUT2D eigenvalue weighted by molar-refractivity contribution is -0.147. The van der Waals surface area contributed by atoms with Crippen molar-refractivity contribution in [2.24, 2.45) is 29.1 Å². The molecule has 0 spiro atoms. The number of hydrogen-bond donors (Lipinski definition) is 2. The Morgan fingerprint density at radius 2 is 1.77 bits per heavy atom. The molecule has 2 amide bonds. The zero-order valence-corrected chi connectivity index (χ0v) is 19.1. The Labute approximate surface area is 187 Å². The fourth-order valence-corrected chi connectivity index (χ4v) is 7.35. The van der Waals surface area contributed by atoms with Gasteiger partial charge >= 0.3 is 0 Å². The zero-order valence-electron chi connectivity index (χ0n) is 17.5. The first kappa shape index (κ1) is 20.3. The number of rotatable bonds is 6. The van der Waals surface area contributed by atoms with Gasteiger partial charge in [0.1, 0.15) is 0 Å². The molecule has 0 radical (unpaired) electrons. The highest BCUT2D eigenvalue weighted by Gasteiger charge is 2.54. The summed E-state index contributed by atoms with van der Waals surface area (Å²) in [6.45, 7) is 2.76. The van der Waals surface area contributed by atoms with Crippen molar-refractivity contribution in [3.05, 3.63) is 28.7 Å². The monoisotopic (exact) mass is 473 g/mol. The Kier molecular flexibility index (Phi) is 5.55. The first-order valence-electron chi connectivity index (χ1n) is 11.5. The van der Waals surface area contributed by atoms with Gasteiger partial charge in [-0.05, 0) is 86.8 Å². The van der Waals surface area contributed by atoms with Gasteiger partial charge in [0, 0.05) is 35.2 Å². The minimum absolute atomic E-state index is 0.0611. The van der Waals surface area contributed by atoms with Crippen LogP contribution in [0.1, 0.15) is 44.9 Å². The van der Waals surface area contributed by atoms with Gasteiger partial charge < -0.3 is 15.5 Å². The van der Waals surface area contributed by atoms with E-state index in [2.05, 4.69) is 49.7 Å². The molecule has 4 aliphatic carbocycles. The molecule has 1 unspecified atom stereocenters. The molecule has 6 rings (SSSR count). The maximum absolute atomic E-state index is 13.0. The van der Waals surface area contributed by atoms with Crippen LogP contribution < -0.4 is 15.5 Å². The van der Waals surface area contributed by atoms with E-state index in [1.54, 1.807) is 0 Å². The lowest BCUT2D eigenvalue weighted by Crippen LogP contribution is -2.54. The summed E-state index contributed by atoms with van der Waals surface area (Å²) < 4.78 is 1.09. The van der Waals surface area contributed by atoms with E-state index in [4.69, 9.17) is 0 Å². The Balaban J connectivity index is 1.06. The van der Waals surface area contributed by atoms with Crippen molar-refractivity contribution in [2.45, 2.75) is 44.9 Å². The molecule has 4 saturated carbocycles. The molecule has 5 fully saturated rings. The minimum Gasteiger partial charge on any atom is -0.371 e. The number of nitrogens with one attached hydrogen (secondary N) is 2. The van der Waals surface area contributed by atoms with Crippen molar-refractivity contribution >= 4 is 33.4 Å². The van der Waals surface area contributed by atoms with Gasteiger partial charge in [0.25, 0.3) is 0 Å². The molecule has 6 heteroatoms. The van der Waals surface area contributed by atoms with Gasteiger partial charge in [0.05, 0.1) is 6.54 Å². The van der Waals surface area contributed by atoms with E-state index in [1.807, 2.05) is 6.07 Å². The SMILES string of the molecule is O=C(CNC(=O)C12CC3CC(CC(C3)C1)C2)NCC1CCN(c2cccc(Br)c2)C1. The average molecular weight is 474 g/mol. The lowest BCUT2D eigenvalue weighted by Gasteiger charge is -2.55. The van der Waals surface area contributed by atoms with E-state index < -0.39 is 0 Å². The molecule has 162 valence electrons. The standard InChI is InChI=1S/C24H32BrN3O2/c25-20-2-1-3-21(9-20)28-5-4-16(15-28)13-26-22(29)14-27-23(30)24-10-17-6-18(11-24)8-19(7-17)12-24/h1-3,9,16-19H,4-8,10-15H2,(H,26,29)(H,27,30). The van der Waals surface area contributed by atoms with E-state index in [-0.39, 0.29) is 23.8 Å². The summed E-state index contributed by atoms with van der Waals surface area (Å²) in [7, 11) is 0. The molecule has 1 aromatic carbocycles. The number of carbonyl (C=O) groups is 2.